The molecule has 1 nitrogen and oxygen atoms in total. The molecule has 6 aromatic carbocycles. The van der Waals surface area contributed by atoms with Gasteiger partial charge in [-0.15, -0.1) is 11.3 Å². The van der Waals surface area contributed by atoms with Crippen molar-refractivity contribution in [2.75, 3.05) is 4.90 Å². The Labute approximate surface area is 294 Å². The fraction of sp³-hybridized carbons (Fsp3) is 0.234. The minimum Gasteiger partial charge on any atom is -0.310 e. The third-order valence-corrected chi connectivity index (χ3v) is 12.8. The quantitative estimate of drug-likeness (QED) is 0.183. The number of fused-ring (bicyclic) bond motifs is 7. The Morgan fingerprint density at radius 3 is 1.94 bits per heavy atom. The van der Waals surface area contributed by atoms with Gasteiger partial charge in [0.25, 0.3) is 0 Å². The lowest BCUT2D eigenvalue weighted by Crippen LogP contribution is -2.33. The first kappa shape index (κ1) is 30.4. The van der Waals surface area contributed by atoms with Crippen LogP contribution in [0.1, 0.15) is 76.6 Å². The lowest BCUT2D eigenvalue weighted by molar-refractivity contribution is 0.332. The summed E-state index contributed by atoms with van der Waals surface area (Å²) in [7, 11) is 0. The highest BCUT2D eigenvalue weighted by Crippen LogP contribution is 2.53. The van der Waals surface area contributed by atoms with Gasteiger partial charge in [-0.3, -0.25) is 0 Å². The van der Waals surface area contributed by atoms with Crippen LogP contribution in [0.15, 0.2) is 127 Å². The maximum atomic E-state index is 2.56. The molecule has 2 aliphatic carbocycles. The van der Waals surface area contributed by atoms with E-state index < -0.39 is 0 Å². The van der Waals surface area contributed by atoms with Crippen LogP contribution in [0.3, 0.4) is 0 Å². The van der Waals surface area contributed by atoms with Crippen molar-refractivity contribution in [1.29, 1.82) is 0 Å². The molecular weight excluding hydrogens is 611 g/mol. The minimum absolute atomic E-state index is 0.0853. The number of hydrogen-bond acceptors (Lipinski definition) is 2. The van der Waals surface area contributed by atoms with E-state index in [9.17, 15) is 0 Å². The van der Waals surface area contributed by atoms with Crippen molar-refractivity contribution in [3.63, 3.8) is 0 Å². The summed E-state index contributed by atoms with van der Waals surface area (Å²) in [4.78, 5) is 2.52. The summed E-state index contributed by atoms with van der Waals surface area (Å²) in [6.45, 7) is 14.5. The second-order valence-electron chi connectivity index (χ2n) is 16.1. The third kappa shape index (κ3) is 4.64. The van der Waals surface area contributed by atoms with E-state index in [1.165, 1.54) is 94.6 Å². The normalized spacial score (nSPS) is 16.7. The molecule has 0 saturated carbocycles. The molecule has 0 atom stereocenters. The first-order valence-electron chi connectivity index (χ1n) is 17.7. The zero-order chi connectivity index (χ0) is 33.7. The Morgan fingerprint density at radius 1 is 0.490 bits per heavy atom. The standard InChI is InChI=1S/C47H43NS/c1-45(2)24-25-46(3,4)40-29-43-36(28-39(40)45)44-41(20-13-21-42(44)49-43)48(32-17-12-16-31(26-32)30-14-8-7-9-15-30)33-22-23-35-34-18-10-11-19-37(34)47(5,6)38(35)27-33/h7-23,26-29H,24-25H2,1-6H3. The van der Waals surface area contributed by atoms with E-state index in [2.05, 4.69) is 174 Å². The van der Waals surface area contributed by atoms with Crippen molar-refractivity contribution in [3.8, 4) is 22.3 Å². The van der Waals surface area contributed by atoms with Gasteiger partial charge in [0.1, 0.15) is 0 Å². The SMILES string of the molecule is CC1(C)CCC(C)(C)c2cc3c(cc21)sc1cccc(N(c2cccc(-c4ccccc4)c2)c2ccc4c(c2)C(C)(C)c2ccccc2-4)c13. The number of rotatable bonds is 4. The number of anilines is 3. The fourth-order valence-corrected chi connectivity index (χ4v) is 9.92. The molecule has 2 aliphatic rings. The van der Waals surface area contributed by atoms with E-state index in [1.807, 2.05) is 11.3 Å². The van der Waals surface area contributed by atoms with Gasteiger partial charge in [0, 0.05) is 37.0 Å². The molecule has 0 saturated heterocycles. The third-order valence-electron chi connectivity index (χ3n) is 11.7. The number of hydrogen-bond donors (Lipinski definition) is 0. The number of thiophene rings is 1. The van der Waals surface area contributed by atoms with Gasteiger partial charge in [-0.05, 0) is 117 Å². The molecule has 0 amide bonds. The van der Waals surface area contributed by atoms with Crippen molar-refractivity contribution in [2.24, 2.45) is 0 Å². The van der Waals surface area contributed by atoms with Gasteiger partial charge in [0.05, 0.1) is 5.69 Å². The lowest BCUT2D eigenvalue weighted by atomic mass is 9.63. The summed E-state index contributed by atoms with van der Waals surface area (Å²) in [5.74, 6) is 0. The van der Waals surface area contributed by atoms with Crippen LogP contribution in [0.4, 0.5) is 17.1 Å². The predicted octanol–water partition coefficient (Wildman–Crippen LogP) is 13.8. The lowest BCUT2D eigenvalue weighted by Gasteiger charge is -2.42. The summed E-state index contributed by atoms with van der Waals surface area (Å²) in [5, 5.41) is 2.72. The predicted molar refractivity (Wildman–Crippen MR) is 212 cm³/mol. The molecule has 0 N–H and O–H groups in total. The van der Waals surface area contributed by atoms with Gasteiger partial charge < -0.3 is 4.90 Å². The maximum absolute atomic E-state index is 2.56. The maximum Gasteiger partial charge on any atom is 0.0554 e. The average molecular weight is 654 g/mol. The number of benzene rings is 6. The van der Waals surface area contributed by atoms with Crippen LogP contribution in [-0.4, -0.2) is 0 Å². The molecule has 1 aromatic heterocycles. The van der Waals surface area contributed by atoms with Crippen molar-refractivity contribution in [2.45, 2.75) is 70.6 Å². The average Bonchev–Trinajstić information content (AvgIpc) is 3.59. The summed E-state index contributed by atoms with van der Waals surface area (Å²) < 4.78 is 2.72. The minimum atomic E-state index is -0.0853. The molecule has 0 fully saturated rings. The molecule has 0 bridgehead atoms. The second kappa shape index (κ2) is 10.7. The van der Waals surface area contributed by atoms with Crippen LogP contribution in [0.25, 0.3) is 42.4 Å². The molecule has 0 spiro atoms. The van der Waals surface area contributed by atoms with Crippen molar-refractivity contribution in [3.05, 3.63) is 150 Å². The largest absolute Gasteiger partial charge is 0.310 e. The summed E-state index contributed by atoms with van der Waals surface area (Å²) in [6.07, 6.45) is 2.43. The smallest absolute Gasteiger partial charge is 0.0554 e. The first-order valence-corrected chi connectivity index (χ1v) is 18.5. The Hall–Kier alpha value is -4.66. The van der Waals surface area contributed by atoms with Crippen LogP contribution in [0.2, 0.25) is 0 Å². The zero-order valence-electron chi connectivity index (χ0n) is 29.4. The van der Waals surface area contributed by atoms with Crippen molar-refractivity contribution < 1.29 is 0 Å². The monoisotopic (exact) mass is 653 g/mol. The molecular formula is C47H43NS. The first-order chi connectivity index (χ1) is 23.5. The molecule has 49 heavy (non-hydrogen) atoms. The van der Waals surface area contributed by atoms with Crippen molar-refractivity contribution >= 4 is 48.6 Å². The van der Waals surface area contributed by atoms with Gasteiger partial charge in [-0.1, -0.05) is 120 Å². The highest BCUT2D eigenvalue weighted by molar-refractivity contribution is 7.26. The van der Waals surface area contributed by atoms with E-state index in [4.69, 9.17) is 0 Å². The van der Waals surface area contributed by atoms with E-state index in [0.717, 1.165) is 0 Å². The van der Waals surface area contributed by atoms with E-state index in [0.29, 0.717) is 0 Å². The topological polar surface area (TPSA) is 3.24 Å². The molecule has 2 heteroatoms. The Morgan fingerprint density at radius 2 is 1.14 bits per heavy atom. The van der Waals surface area contributed by atoms with E-state index in [-0.39, 0.29) is 16.2 Å². The van der Waals surface area contributed by atoms with E-state index >= 15 is 0 Å². The van der Waals surface area contributed by atoms with Crippen LogP contribution in [0.5, 0.6) is 0 Å². The van der Waals surface area contributed by atoms with Gasteiger partial charge in [-0.2, -0.15) is 0 Å². The highest BCUT2D eigenvalue weighted by atomic mass is 32.1. The Kier molecular flexibility index (Phi) is 6.62. The fourth-order valence-electron chi connectivity index (χ4n) is 8.77. The van der Waals surface area contributed by atoms with E-state index in [1.54, 1.807) is 0 Å². The Bertz CT molecular complexity index is 2420. The van der Waals surface area contributed by atoms with Crippen LogP contribution >= 0.6 is 11.3 Å². The molecule has 7 aromatic rings. The highest BCUT2D eigenvalue weighted by Gasteiger charge is 2.38. The van der Waals surface area contributed by atoms with Crippen LogP contribution in [0, 0.1) is 0 Å². The van der Waals surface area contributed by atoms with Crippen LogP contribution in [-0.2, 0) is 16.2 Å². The summed E-state index contributed by atoms with van der Waals surface area (Å²) in [6, 6.07) is 48.0. The van der Waals surface area contributed by atoms with Gasteiger partial charge in [0.2, 0.25) is 0 Å². The number of nitrogens with zero attached hydrogens (tertiary/aromatic N) is 1. The molecule has 242 valence electrons. The zero-order valence-corrected chi connectivity index (χ0v) is 30.2. The molecule has 1 heterocycles. The molecule has 0 unspecified atom stereocenters. The Balaban J connectivity index is 1.31. The van der Waals surface area contributed by atoms with Gasteiger partial charge in [-0.25, -0.2) is 0 Å². The summed E-state index contributed by atoms with van der Waals surface area (Å²) in [5.41, 5.74) is 14.8. The van der Waals surface area contributed by atoms with Crippen molar-refractivity contribution in [1.82, 2.24) is 0 Å². The molecule has 9 rings (SSSR count). The van der Waals surface area contributed by atoms with Crippen LogP contribution < -0.4 is 4.90 Å². The van der Waals surface area contributed by atoms with Gasteiger partial charge >= 0.3 is 0 Å². The molecule has 0 radical (unpaired) electrons. The van der Waals surface area contributed by atoms with Gasteiger partial charge in [0.15, 0.2) is 0 Å². The second-order valence-corrected chi connectivity index (χ2v) is 17.2. The molecule has 0 aliphatic heterocycles. The summed E-state index contributed by atoms with van der Waals surface area (Å²) >= 11 is 1.94.